The highest BCUT2D eigenvalue weighted by Crippen LogP contribution is 2.30. The lowest BCUT2D eigenvalue weighted by atomic mass is 9.98. The van der Waals surface area contributed by atoms with Crippen LogP contribution in [0.25, 0.3) is 11.3 Å². The number of esters is 1. The van der Waals surface area contributed by atoms with Gasteiger partial charge in [-0.15, -0.1) is 11.8 Å². The van der Waals surface area contributed by atoms with E-state index in [1.54, 1.807) is 30.1 Å². The second kappa shape index (κ2) is 12.6. The number of aromatic nitrogens is 2. The maximum absolute atomic E-state index is 12.0. The van der Waals surface area contributed by atoms with Gasteiger partial charge in [0.2, 0.25) is 5.95 Å². The zero-order chi connectivity index (χ0) is 27.0. The standard InChI is InChI=1S/C29H30N6O3S/c30-13-15-31-27(36)22-3-1-21(2-4-22)25-9-14-32-29(34-25)33-23-5-7-24(8-6-23)35-16-10-20(11-17-35)19-39-26-12-18-38-28(26)37/h1-9,14,20,26H,10-12,15-19H2,(H,31,36)(H,32,33,34). The van der Waals surface area contributed by atoms with Crippen LogP contribution in [-0.4, -0.2) is 59.1 Å². The Morgan fingerprint density at radius 2 is 1.85 bits per heavy atom. The molecule has 1 aromatic heterocycles. The first kappa shape index (κ1) is 26.5. The maximum atomic E-state index is 12.0. The van der Waals surface area contributed by atoms with Gasteiger partial charge in [-0.05, 0) is 67.0 Å². The highest BCUT2D eigenvalue weighted by atomic mass is 32.2. The summed E-state index contributed by atoms with van der Waals surface area (Å²) >= 11 is 1.76. The van der Waals surface area contributed by atoms with Crippen LogP contribution in [0.2, 0.25) is 0 Å². The van der Waals surface area contributed by atoms with Crippen molar-refractivity contribution in [3.8, 4) is 17.3 Å². The van der Waals surface area contributed by atoms with Gasteiger partial charge in [-0.3, -0.25) is 9.59 Å². The summed E-state index contributed by atoms with van der Waals surface area (Å²) in [7, 11) is 0. The number of amides is 1. The molecule has 9 nitrogen and oxygen atoms in total. The smallest absolute Gasteiger partial charge is 0.319 e. The number of thioether (sulfide) groups is 1. The third-order valence-corrected chi connectivity index (χ3v) is 8.44. The van der Waals surface area contributed by atoms with Crippen molar-refractivity contribution in [2.45, 2.75) is 24.5 Å². The molecule has 200 valence electrons. The fraction of sp³-hybridized carbons (Fsp3) is 0.345. The van der Waals surface area contributed by atoms with E-state index in [-0.39, 0.29) is 23.7 Å². The van der Waals surface area contributed by atoms with Crippen LogP contribution < -0.4 is 15.5 Å². The number of carbonyl (C=O) groups excluding carboxylic acids is 2. The molecule has 0 aliphatic carbocycles. The number of hydrogen-bond acceptors (Lipinski definition) is 9. The highest BCUT2D eigenvalue weighted by molar-refractivity contribution is 8.00. The Morgan fingerprint density at radius 1 is 1.08 bits per heavy atom. The van der Waals surface area contributed by atoms with E-state index < -0.39 is 0 Å². The SMILES string of the molecule is N#CCNC(=O)c1ccc(-c2ccnc(Nc3ccc(N4CCC(CSC5CCOC5=O)CC4)cc3)n2)cc1. The molecule has 5 rings (SSSR count). The molecule has 2 aliphatic rings. The van der Waals surface area contributed by atoms with Gasteiger partial charge in [-0.1, -0.05) is 12.1 Å². The average Bonchev–Trinajstić information content (AvgIpc) is 3.40. The van der Waals surface area contributed by atoms with Crippen LogP contribution in [0.15, 0.2) is 60.8 Å². The first-order valence-electron chi connectivity index (χ1n) is 13.1. The molecule has 1 atom stereocenters. The van der Waals surface area contributed by atoms with Crippen LogP contribution in [0.4, 0.5) is 17.3 Å². The van der Waals surface area contributed by atoms with Crippen molar-refractivity contribution in [2.75, 3.05) is 42.2 Å². The van der Waals surface area contributed by atoms with E-state index in [1.807, 2.05) is 36.4 Å². The molecule has 2 saturated heterocycles. The molecular weight excluding hydrogens is 512 g/mol. The Balaban J connectivity index is 1.13. The Labute approximate surface area is 232 Å². The first-order valence-corrected chi connectivity index (χ1v) is 14.1. The number of ether oxygens (including phenoxy) is 1. The number of nitriles is 1. The minimum absolute atomic E-state index is 0.0266. The van der Waals surface area contributed by atoms with E-state index >= 15 is 0 Å². The largest absolute Gasteiger partial charge is 0.465 e. The third-order valence-electron chi connectivity index (χ3n) is 6.95. The van der Waals surface area contributed by atoms with Crippen molar-refractivity contribution >= 4 is 41.0 Å². The molecule has 2 N–H and O–H groups in total. The monoisotopic (exact) mass is 542 g/mol. The normalized spacial score (nSPS) is 17.4. The van der Waals surface area contributed by atoms with E-state index in [0.717, 1.165) is 55.0 Å². The van der Waals surface area contributed by atoms with Gasteiger partial charge in [0.15, 0.2) is 0 Å². The summed E-state index contributed by atoms with van der Waals surface area (Å²) < 4.78 is 5.07. The topological polar surface area (TPSA) is 120 Å². The van der Waals surface area contributed by atoms with E-state index in [1.165, 1.54) is 5.69 Å². The Bertz CT molecular complexity index is 1330. The molecule has 0 saturated carbocycles. The molecule has 2 aliphatic heterocycles. The lowest BCUT2D eigenvalue weighted by Gasteiger charge is -2.33. The van der Waals surface area contributed by atoms with Gasteiger partial charge in [0.1, 0.15) is 11.8 Å². The molecule has 1 unspecified atom stereocenters. The number of rotatable bonds is 9. The van der Waals surface area contributed by atoms with Crippen molar-refractivity contribution in [3.05, 3.63) is 66.4 Å². The minimum Gasteiger partial charge on any atom is -0.465 e. The number of hydrogen-bond donors (Lipinski definition) is 2. The summed E-state index contributed by atoms with van der Waals surface area (Å²) in [6, 6.07) is 19.1. The molecule has 3 aromatic rings. The highest BCUT2D eigenvalue weighted by Gasteiger charge is 2.28. The molecule has 1 amide bonds. The van der Waals surface area contributed by atoms with Crippen molar-refractivity contribution in [1.82, 2.24) is 15.3 Å². The van der Waals surface area contributed by atoms with Crippen LogP contribution in [0.5, 0.6) is 0 Å². The fourth-order valence-electron chi connectivity index (χ4n) is 4.72. The van der Waals surface area contributed by atoms with Crippen LogP contribution in [0.1, 0.15) is 29.6 Å². The number of benzene rings is 2. The van der Waals surface area contributed by atoms with Gasteiger partial charge in [-0.2, -0.15) is 5.26 Å². The van der Waals surface area contributed by atoms with E-state index in [4.69, 9.17) is 10.00 Å². The van der Waals surface area contributed by atoms with Crippen LogP contribution in [0, 0.1) is 17.2 Å². The molecule has 0 radical (unpaired) electrons. The van der Waals surface area contributed by atoms with Gasteiger partial charge in [-0.25, -0.2) is 9.97 Å². The zero-order valence-corrected chi connectivity index (χ0v) is 22.3. The van der Waals surface area contributed by atoms with Crippen molar-refractivity contribution in [1.29, 1.82) is 5.26 Å². The van der Waals surface area contributed by atoms with Crippen LogP contribution in [0.3, 0.4) is 0 Å². The zero-order valence-electron chi connectivity index (χ0n) is 21.5. The number of piperidine rings is 1. The van der Waals surface area contributed by atoms with Crippen molar-refractivity contribution in [3.63, 3.8) is 0 Å². The third kappa shape index (κ3) is 6.86. The van der Waals surface area contributed by atoms with Gasteiger partial charge in [0, 0.05) is 48.2 Å². The summed E-state index contributed by atoms with van der Waals surface area (Å²) in [6.45, 7) is 2.56. The van der Waals surface area contributed by atoms with Gasteiger partial charge >= 0.3 is 5.97 Å². The fourth-order valence-corrected chi connectivity index (χ4v) is 6.02. The Hall–Kier alpha value is -4.10. The quantitative estimate of drug-likeness (QED) is 0.299. The summed E-state index contributed by atoms with van der Waals surface area (Å²) in [6.07, 6.45) is 4.79. The average molecular weight is 543 g/mol. The number of nitrogens with one attached hydrogen (secondary N) is 2. The van der Waals surface area contributed by atoms with Crippen LogP contribution in [-0.2, 0) is 9.53 Å². The Morgan fingerprint density at radius 3 is 2.54 bits per heavy atom. The predicted octanol–water partition coefficient (Wildman–Crippen LogP) is 4.41. The van der Waals surface area contributed by atoms with Gasteiger partial charge in [0.25, 0.3) is 5.91 Å². The predicted molar refractivity (Wildman–Crippen MR) is 152 cm³/mol. The summed E-state index contributed by atoms with van der Waals surface area (Å²) in [5.74, 6) is 1.82. The molecule has 39 heavy (non-hydrogen) atoms. The minimum atomic E-state index is -0.285. The van der Waals surface area contributed by atoms with Crippen LogP contribution >= 0.6 is 11.8 Å². The second-order valence-electron chi connectivity index (χ2n) is 9.56. The van der Waals surface area contributed by atoms with Gasteiger partial charge < -0.3 is 20.3 Å². The molecule has 10 heteroatoms. The molecule has 3 heterocycles. The lowest BCUT2D eigenvalue weighted by molar-refractivity contribution is -0.137. The van der Waals surface area contributed by atoms with Crippen molar-refractivity contribution < 1.29 is 14.3 Å². The Kier molecular flexibility index (Phi) is 8.58. The number of nitrogens with zero attached hydrogens (tertiary/aromatic N) is 4. The number of carbonyl (C=O) groups is 2. The van der Waals surface area contributed by atoms with E-state index in [9.17, 15) is 9.59 Å². The molecule has 2 aromatic carbocycles. The van der Waals surface area contributed by atoms with E-state index in [0.29, 0.717) is 24.0 Å². The first-order chi connectivity index (χ1) is 19.1. The molecule has 0 bridgehead atoms. The lowest BCUT2D eigenvalue weighted by Crippen LogP contribution is -2.34. The summed E-state index contributed by atoms with van der Waals surface area (Å²) in [5, 5.41) is 14.5. The molecular formula is C29H30N6O3S. The van der Waals surface area contributed by atoms with E-state index in [2.05, 4.69) is 37.6 Å². The molecule has 2 fully saturated rings. The maximum Gasteiger partial charge on any atom is 0.319 e. The number of anilines is 3. The van der Waals surface area contributed by atoms with Gasteiger partial charge in [0.05, 0.1) is 18.4 Å². The molecule has 0 spiro atoms. The second-order valence-corrected chi connectivity index (χ2v) is 10.8. The summed E-state index contributed by atoms with van der Waals surface area (Å²) in [4.78, 5) is 35.1. The summed E-state index contributed by atoms with van der Waals surface area (Å²) in [5.41, 5.74) is 4.17. The van der Waals surface area contributed by atoms with Crippen molar-refractivity contribution in [2.24, 2.45) is 5.92 Å². The number of cyclic esters (lactones) is 1.